The highest BCUT2D eigenvalue weighted by Gasteiger charge is 2.54. The van der Waals surface area contributed by atoms with Crippen LogP contribution in [0.3, 0.4) is 0 Å². The number of azo groups is 1. The predicted molar refractivity (Wildman–Crippen MR) is 120 cm³/mol. The number of methoxy groups -OCH3 is 1. The molecule has 4 heterocycles. The van der Waals surface area contributed by atoms with E-state index in [9.17, 15) is 18.0 Å². The maximum atomic E-state index is 14.2. The van der Waals surface area contributed by atoms with Gasteiger partial charge in [-0.25, -0.2) is 9.97 Å². The lowest BCUT2D eigenvalue weighted by Gasteiger charge is -2.48. The third-order valence-electron chi connectivity index (χ3n) is 6.87. The number of nitrogens with zero attached hydrogens (tertiary/aromatic N) is 5. The van der Waals surface area contributed by atoms with Crippen LogP contribution in [0.5, 0.6) is 6.01 Å². The van der Waals surface area contributed by atoms with Crippen LogP contribution in [0.4, 0.5) is 18.9 Å². The summed E-state index contributed by atoms with van der Waals surface area (Å²) in [4.78, 5) is 24.0. The van der Waals surface area contributed by atoms with E-state index in [0.717, 1.165) is 12.1 Å². The van der Waals surface area contributed by atoms with E-state index < -0.39 is 23.3 Å². The molecule has 0 spiro atoms. The number of amides is 1. The predicted octanol–water partition coefficient (Wildman–Crippen LogP) is 4.51. The van der Waals surface area contributed by atoms with Crippen LogP contribution in [0.25, 0.3) is 0 Å². The van der Waals surface area contributed by atoms with E-state index in [1.54, 1.807) is 17.2 Å². The largest absolute Gasteiger partial charge is 0.467 e. The molecule has 3 atom stereocenters. The summed E-state index contributed by atoms with van der Waals surface area (Å²) in [6.45, 7) is 3.76. The highest BCUT2D eigenvalue weighted by molar-refractivity contribution is 6.10. The minimum Gasteiger partial charge on any atom is -0.467 e. The van der Waals surface area contributed by atoms with Crippen molar-refractivity contribution in [1.29, 1.82) is 0 Å². The van der Waals surface area contributed by atoms with Gasteiger partial charge < -0.3 is 15.0 Å². The van der Waals surface area contributed by atoms with Crippen LogP contribution in [-0.4, -0.2) is 35.2 Å². The zero-order chi connectivity index (χ0) is 25.0. The fraction of sp³-hybridized carbons (Fsp3) is 0.375. The van der Waals surface area contributed by atoms with Gasteiger partial charge in [0, 0.05) is 23.7 Å². The van der Waals surface area contributed by atoms with E-state index in [2.05, 4.69) is 25.5 Å². The zero-order valence-corrected chi connectivity index (χ0v) is 19.3. The number of hydrogen-bond donors (Lipinski definition) is 1. The Labute approximate surface area is 199 Å². The zero-order valence-electron chi connectivity index (χ0n) is 19.3. The van der Waals surface area contributed by atoms with Crippen LogP contribution in [0.15, 0.2) is 69.9 Å². The normalized spacial score (nSPS) is 25.7. The highest BCUT2D eigenvalue weighted by Crippen LogP contribution is 2.52. The molecule has 8 nitrogen and oxygen atoms in total. The molecule has 1 aromatic carbocycles. The second kappa shape index (κ2) is 8.17. The average molecular weight is 484 g/mol. The minimum absolute atomic E-state index is 0.166. The lowest BCUT2D eigenvalue weighted by atomic mass is 9.62. The molecule has 1 unspecified atom stereocenters. The summed E-state index contributed by atoms with van der Waals surface area (Å²) in [6.07, 6.45) is 0.286. The van der Waals surface area contributed by atoms with Gasteiger partial charge in [-0.1, -0.05) is 25.1 Å². The molecule has 1 amide bonds. The molecule has 1 N–H and O–H groups in total. The minimum atomic E-state index is -4.52. The monoisotopic (exact) mass is 484 g/mol. The molecule has 3 aliphatic rings. The van der Waals surface area contributed by atoms with Crippen molar-refractivity contribution in [3.8, 4) is 6.01 Å². The van der Waals surface area contributed by atoms with Crippen molar-refractivity contribution in [2.24, 2.45) is 10.2 Å². The van der Waals surface area contributed by atoms with Crippen LogP contribution in [-0.2, 0) is 16.4 Å². The molecule has 2 aromatic rings. The first-order valence-corrected chi connectivity index (χ1v) is 11.2. The highest BCUT2D eigenvalue weighted by atomic mass is 19.4. The van der Waals surface area contributed by atoms with Crippen LogP contribution in [0, 0.1) is 0 Å². The maximum Gasteiger partial charge on any atom is 0.416 e. The molecule has 182 valence electrons. The smallest absolute Gasteiger partial charge is 0.416 e. The number of ether oxygens (including phenoxy) is 1. The van der Waals surface area contributed by atoms with Crippen molar-refractivity contribution in [3.05, 3.63) is 70.8 Å². The molecule has 1 aromatic heterocycles. The van der Waals surface area contributed by atoms with Crippen LogP contribution in [0.1, 0.15) is 37.8 Å². The number of alkyl halides is 3. The molecule has 3 aliphatic heterocycles. The number of rotatable bonds is 4. The van der Waals surface area contributed by atoms with Gasteiger partial charge in [-0.3, -0.25) is 4.79 Å². The Morgan fingerprint density at radius 1 is 1.26 bits per heavy atom. The van der Waals surface area contributed by atoms with Crippen molar-refractivity contribution in [2.45, 2.75) is 50.5 Å². The van der Waals surface area contributed by atoms with E-state index >= 15 is 0 Å². The molecule has 11 heteroatoms. The average Bonchev–Trinajstić information content (AvgIpc) is 3.31. The Kier molecular flexibility index (Phi) is 5.37. The summed E-state index contributed by atoms with van der Waals surface area (Å²) < 4.78 is 46.0. The maximum absolute atomic E-state index is 14.2. The summed E-state index contributed by atoms with van der Waals surface area (Å²) in [7, 11) is 1.45. The van der Waals surface area contributed by atoms with Gasteiger partial charge in [0.15, 0.2) is 6.17 Å². The number of carbonyl (C=O) groups is 1. The Morgan fingerprint density at radius 3 is 2.66 bits per heavy atom. The standard InChI is InChI=1S/C24H23F3N6O2/c1-4-23(14-6-5-7-15(9-14)24(25,26)27)17-12-30-32-20(17)31-18-8-13(2)33(21(34)19(18)23)16-10-28-22(35-3)29-11-16/h5-7,9-13,20,31H,4,8H2,1-3H3/t13-,20?,23+/m1/s1. The number of anilines is 1. The van der Waals surface area contributed by atoms with Gasteiger partial charge in [0.1, 0.15) is 0 Å². The number of halogens is 3. The van der Waals surface area contributed by atoms with Gasteiger partial charge in [0.05, 0.1) is 47.9 Å². The molecule has 0 saturated carbocycles. The first-order valence-electron chi connectivity index (χ1n) is 11.2. The topological polar surface area (TPSA) is 92.1 Å². The van der Waals surface area contributed by atoms with Crippen LogP contribution < -0.4 is 15.0 Å². The van der Waals surface area contributed by atoms with Crippen molar-refractivity contribution in [2.75, 3.05) is 12.0 Å². The number of fused-ring (bicyclic) bond motifs is 1. The summed E-state index contributed by atoms with van der Waals surface area (Å²) in [6, 6.07) is 5.08. The Bertz CT molecular complexity index is 1270. The van der Waals surface area contributed by atoms with Crippen molar-refractivity contribution in [3.63, 3.8) is 0 Å². The van der Waals surface area contributed by atoms with Crippen LogP contribution >= 0.6 is 0 Å². The van der Waals surface area contributed by atoms with E-state index in [4.69, 9.17) is 4.74 Å². The second-order valence-electron chi connectivity index (χ2n) is 8.71. The van der Waals surface area contributed by atoms with E-state index in [-0.39, 0.29) is 18.0 Å². The fourth-order valence-electron chi connectivity index (χ4n) is 5.33. The summed E-state index contributed by atoms with van der Waals surface area (Å²) in [5.41, 5.74) is 0.635. The van der Waals surface area contributed by atoms with Crippen molar-refractivity contribution >= 4 is 11.6 Å². The number of benzene rings is 1. The lowest BCUT2D eigenvalue weighted by Crippen LogP contribution is -2.56. The van der Waals surface area contributed by atoms with Gasteiger partial charge in [0.2, 0.25) is 0 Å². The fourth-order valence-corrected chi connectivity index (χ4v) is 5.33. The number of aromatic nitrogens is 2. The molecule has 5 rings (SSSR count). The van der Waals surface area contributed by atoms with Gasteiger partial charge in [-0.2, -0.15) is 23.4 Å². The molecule has 0 fully saturated rings. The van der Waals surface area contributed by atoms with Gasteiger partial charge >= 0.3 is 12.2 Å². The quantitative estimate of drug-likeness (QED) is 0.690. The molecule has 35 heavy (non-hydrogen) atoms. The molecule has 0 radical (unpaired) electrons. The molecular formula is C24H23F3N6O2. The third-order valence-corrected chi connectivity index (χ3v) is 6.87. The van der Waals surface area contributed by atoms with E-state index in [1.165, 1.54) is 25.6 Å². The van der Waals surface area contributed by atoms with Crippen molar-refractivity contribution in [1.82, 2.24) is 15.3 Å². The van der Waals surface area contributed by atoms with Gasteiger partial charge in [-0.15, -0.1) is 0 Å². The van der Waals surface area contributed by atoms with E-state index in [1.807, 2.05) is 13.8 Å². The first-order chi connectivity index (χ1) is 16.7. The molecule has 0 bridgehead atoms. The Balaban J connectivity index is 1.70. The molecular weight excluding hydrogens is 461 g/mol. The van der Waals surface area contributed by atoms with E-state index in [0.29, 0.717) is 40.9 Å². The summed E-state index contributed by atoms with van der Waals surface area (Å²) >= 11 is 0. The number of nitrogens with one attached hydrogen (secondary N) is 1. The number of hydrogen-bond acceptors (Lipinski definition) is 7. The Morgan fingerprint density at radius 2 is 2.00 bits per heavy atom. The summed E-state index contributed by atoms with van der Waals surface area (Å²) in [5.74, 6) is -0.328. The second-order valence-corrected chi connectivity index (χ2v) is 8.71. The SMILES string of the molecule is CC[C@]1(c2cccc(C(F)(F)F)c2)C2=CN=NC2NC2=C1C(=O)N(c1cnc(OC)nc1)[C@H](C)C2. The van der Waals surface area contributed by atoms with Crippen LogP contribution in [0.2, 0.25) is 0 Å². The third kappa shape index (κ3) is 3.48. The molecule has 0 aliphatic carbocycles. The lowest BCUT2D eigenvalue weighted by molar-refractivity contribution is -0.137. The summed E-state index contributed by atoms with van der Waals surface area (Å²) in [5, 5.41) is 11.6. The molecule has 0 saturated heterocycles. The first kappa shape index (κ1) is 23.0. The number of carbonyl (C=O) groups excluding carboxylic acids is 1. The Hall–Kier alpha value is -3.76. The van der Waals surface area contributed by atoms with Gasteiger partial charge in [-0.05, 0) is 25.0 Å². The van der Waals surface area contributed by atoms with Crippen molar-refractivity contribution < 1.29 is 22.7 Å². The van der Waals surface area contributed by atoms with Gasteiger partial charge in [0.25, 0.3) is 5.91 Å².